The molecular weight excluding hydrogens is 258 g/mol. The molecule has 2 nitrogen and oxygen atoms in total. The van der Waals surface area contributed by atoms with Gasteiger partial charge in [-0.15, -0.1) is 0 Å². The smallest absolute Gasteiger partial charge is 0.119 e. The fourth-order valence-corrected chi connectivity index (χ4v) is 2.60. The van der Waals surface area contributed by atoms with Crippen molar-refractivity contribution >= 4 is 0 Å². The van der Waals surface area contributed by atoms with Crippen LogP contribution in [0.25, 0.3) is 0 Å². The van der Waals surface area contributed by atoms with Crippen LogP contribution in [0, 0.1) is 0 Å². The summed E-state index contributed by atoms with van der Waals surface area (Å²) in [5.74, 6) is 1.51. The largest absolute Gasteiger partial charge is 0.497 e. The summed E-state index contributed by atoms with van der Waals surface area (Å²) < 4.78 is 5.32. The highest BCUT2D eigenvalue weighted by Crippen LogP contribution is 2.27. The Morgan fingerprint density at radius 1 is 1.00 bits per heavy atom. The standard InChI is InChI=1S/C19H25NO/c1-5-14(2)15-9-11-16(12-10-15)19(20-3)17-7-6-8-18(13-17)21-4/h6-14,19-20H,5H2,1-4H3. The quantitative estimate of drug-likeness (QED) is 0.841. The molecule has 2 rings (SSSR count). The first-order valence-corrected chi connectivity index (χ1v) is 7.60. The minimum Gasteiger partial charge on any atom is -0.497 e. The Morgan fingerprint density at radius 3 is 2.24 bits per heavy atom. The second-order valence-corrected chi connectivity index (χ2v) is 5.47. The van der Waals surface area contributed by atoms with Crippen molar-refractivity contribution < 1.29 is 4.74 Å². The van der Waals surface area contributed by atoms with Crippen molar-refractivity contribution in [3.05, 3.63) is 65.2 Å². The van der Waals surface area contributed by atoms with E-state index < -0.39 is 0 Å². The number of methoxy groups -OCH3 is 1. The van der Waals surface area contributed by atoms with Crippen LogP contribution in [0.1, 0.15) is 48.9 Å². The Morgan fingerprint density at radius 2 is 1.67 bits per heavy atom. The second kappa shape index (κ2) is 7.28. The summed E-state index contributed by atoms with van der Waals surface area (Å²) in [4.78, 5) is 0. The molecule has 0 amide bonds. The molecule has 1 N–H and O–H groups in total. The van der Waals surface area contributed by atoms with Crippen LogP contribution in [0.3, 0.4) is 0 Å². The topological polar surface area (TPSA) is 21.3 Å². The van der Waals surface area contributed by atoms with Crippen LogP contribution >= 0.6 is 0 Å². The van der Waals surface area contributed by atoms with Gasteiger partial charge in [-0.05, 0) is 48.2 Å². The summed E-state index contributed by atoms with van der Waals surface area (Å²) in [5.41, 5.74) is 3.90. The molecule has 112 valence electrons. The van der Waals surface area contributed by atoms with Crippen LogP contribution in [0.4, 0.5) is 0 Å². The summed E-state index contributed by atoms with van der Waals surface area (Å²) in [7, 11) is 3.70. The highest BCUT2D eigenvalue weighted by Gasteiger charge is 2.13. The van der Waals surface area contributed by atoms with E-state index in [-0.39, 0.29) is 6.04 Å². The van der Waals surface area contributed by atoms with Gasteiger partial charge in [-0.25, -0.2) is 0 Å². The van der Waals surface area contributed by atoms with Gasteiger partial charge in [0.05, 0.1) is 13.2 Å². The van der Waals surface area contributed by atoms with Crippen molar-refractivity contribution in [3.8, 4) is 5.75 Å². The minimum absolute atomic E-state index is 0.186. The summed E-state index contributed by atoms with van der Waals surface area (Å²) in [6, 6.07) is 17.3. The molecule has 0 bridgehead atoms. The van der Waals surface area contributed by atoms with E-state index in [9.17, 15) is 0 Å². The van der Waals surface area contributed by atoms with Crippen LogP contribution in [0.15, 0.2) is 48.5 Å². The SMILES string of the molecule is CCC(C)c1ccc(C(NC)c2cccc(OC)c2)cc1. The van der Waals surface area contributed by atoms with Crippen molar-refractivity contribution in [2.24, 2.45) is 0 Å². The first-order chi connectivity index (χ1) is 10.2. The van der Waals surface area contributed by atoms with Crippen LogP contribution < -0.4 is 10.1 Å². The first-order valence-electron chi connectivity index (χ1n) is 7.60. The number of hydrogen-bond donors (Lipinski definition) is 1. The fourth-order valence-electron chi connectivity index (χ4n) is 2.60. The maximum Gasteiger partial charge on any atom is 0.119 e. The Kier molecular flexibility index (Phi) is 5.40. The Balaban J connectivity index is 2.28. The Bertz CT molecular complexity index is 562. The molecule has 0 aliphatic rings. The molecule has 0 fully saturated rings. The lowest BCUT2D eigenvalue weighted by Gasteiger charge is -2.19. The molecule has 2 aromatic carbocycles. The van der Waals surface area contributed by atoms with Gasteiger partial charge in [0.1, 0.15) is 5.75 Å². The highest BCUT2D eigenvalue weighted by atomic mass is 16.5. The molecule has 0 heterocycles. The van der Waals surface area contributed by atoms with Gasteiger partial charge in [0.25, 0.3) is 0 Å². The van der Waals surface area contributed by atoms with E-state index in [1.807, 2.05) is 19.2 Å². The third-order valence-electron chi connectivity index (χ3n) is 4.17. The third kappa shape index (κ3) is 3.64. The molecule has 0 spiro atoms. The van der Waals surface area contributed by atoms with Crippen molar-refractivity contribution in [1.29, 1.82) is 0 Å². The molecule has 2 unspecified atom stereocenters. The van der Waals surface area contributed by atoms with Crippen LogP contribution in [-0.4, -0.2) is 14.2 Å². The average Bonchev–Trinajstić information content (AvgIpc) is 2.55. The van der Waals surface area contributed by atoms with E-state index in [0.717, 1.165) is 5.75 Å². The molecular formula is C19H25NO. The molecule has 0 aromatic heterocycles. The normalized spacial score (nSPS) is 13.7. The van der Waals surface area contributed by atoms with Crippen LogP contribution in [-0.2, 0) is 0 Å². The molecule has 0 saturated carbocycles. The van der Waals surface area contributed by atoms with Gasteiger partial charge in [0, 0.05) is 0 Å². The number of hydrogen-bond acceptors (Lipinski definition) is 2. The molecule has 0 saturated heterocycles. The monoisotopic (exact) mass is 283 g/mol. The lowest BCUT2D eigenvalue weighted by molar-refractivity contribution is 0.414. The van der Waals surface area contributed by atoms with Gasteiger partial charge < -0.3 is 10.1 Å². The second-order valence-electron chi connectivity index (χ2n) is 5.47. The lowest BCUT2D eigenvalue weighted by atomic mass is 9.93. The zero-order valence-corrected chi connectivity index (χ0v) is 13.4. The van der Waals surface area contributed by atoms with E-state index in [1.54, 1.807) is 7.11 Å². The number of benzene rings is 2. The van der Waals surface area contributed by atoms with E-state index >= 15 is 0 Å². The fraction of sp³-hybridized carbons (Fsp3) is 0.368. The maximum atomic E-state index is 5.32. The molecule has 2 atom stereocenters. The molecule has 0 radical (unpaired) electrons. The zero-order chi connectivity index (χ0) is 15.2. The van der Waals surface area contributed by atoms with E-state index in [1.165, 1.54) is 23.1 Å². The average molecular weight is 283 g/mol. The van der Waals surface area contributed by atoms with Crippen molar-refractivity contribution in [3.63, 3.8) is 0 Å². The molecule has 0 aliphatic heterocycles. The van der Waals surface area contributed by atoms with Gasteiger partial charge >= 0.3 is 0 Å². The van der Waals surface area contributed by atoms with Gasteiger partial charge in [-0.2, -0.15) is 0 Å². The van der Waals surface area contributed by atoms with Gasteiger partial charge in [0.15, 0.2) is 0 Å². The Hall–Kier alpha value is -1.80. The Labute approximate surface area is 128 Å². The molecule has 2 heteroatoms. The lowest BCUT2D eigenvalue weighted by Crippen LogP contribution is -2.17. The predicted molar refractivity (Wildman–Crippen MR) is 89.0 cm³/mol. The van der Waals surface area contributed by atoms with Gasteiger partial charge in [-0.3, -0.25) is 0 Å². The zero-order valence-electron chi connectivity index (χ0n) is 13.4. The van der Waals surface area contributed by atoms with Crippen molar-refractivity contribution in [2.45, 2.75) is 32.2 Å². The highest BCUT2D eigenvalue weighted by molar-refractivity contribution is 5.38. The summed E-state index contributed by atoms with van der Waals surface area (Å²) in [6.07, 6.45) is 1.17. The summed E-state index contributed by atoms with van der Waals surface area (Å²) in [5, 5.41) is 3.39. The predicted octanol–water partition coefficient (Wildman–Crippen LogP) is 4.52. The van der Waals surface area contributed by atoms with Gasteiger partial charge in [-0.1, -0.05) is 50.2 Å². The van der Waals surface area contributed by atoms with E-state index in [0.29, 0.717) is 5.92 Å². The maximum absolute atomic E-state index is 5.32. The minimum atomic E-state index is 0.186. The molecule has 21 heavy (non-hydrogen) atoms. The summed E-state index contributed by atoms with van der Waals surface area (Å²) >= 11 is 0. The number of nitrogens with one attached hydrogen (secondary N) is 1. The van der Waals surface area contributed by atoms with Crippen molar-refractivity contribution in [1.82, 2.24) is 5.32 Å². The first kappa shape index (κ1) is 15.6. The van der Waals surface area contributed by atoms with E-state index in [4.69, 9.17) is 4.74 Å². The van der Waals surface area contributed by atoms with Crippen molar-refractivity contribution in [2.75, 3.05) is 14.2 Å². The van der Waals surface area contributed by atoms with Crippen LogP contribution in [0.2, 0.25) is 0 Å². The molecule has 0 aliphatic carbocycles. The van der Waals surface area contributed by atoms with Gasteiger partial charge in [0.2, 0.25) is 0 Å². The number of rotatable bonds is 6. The van der Waals surface area contributed by atoms with Crippen LogP contribution in [0.5, 0.6) is 5.75 Å². The van der Waals surface area contributed by atoms with E-state index in [2.05, 4.69) is 55.6 Å². The summed E-state index contributed by atoms with van der Waals surface area (Å²) in [6.45, 7) is 4.50. The third-order valence-corrected chi connectivity index (χ3v) is 4.17. The number of ether oxygens (including phenoxy) is 1. The molecule has 2 aromatic rings.